The van der Waals surface area contributed by atoms with Gasteiger partial charge < -0.3 is 15.2 Å². The van der Waals surface area contributed by atoms with E-state index in [1.54, 1.807) is 19.2 Å². The molecule has 0 aliphatic heterocycles. The molecule has 0 amide bonds. The summed E-state index contributed by atoms with van der Waals surface area (Å²) in [5, 5.41) is 20.2. The molecule has 1 aliphatic carbocycles. The van der Waals surface area contributed by atoms with E-state index < -0.39 is 0 Å². The molecule has 2 atom stereocenters. The van der Waals surface area contributed by atoms with Crippen LogP contribution in [-0.2, 0) is 6.54 Å². The van der Waals surface area contributed by atoms with E-state index in [1.165, 1.54) is 0 Å². The normalized spacial score (nSPS) is 19.5. The third-order valence-corrected chi connectivity index (χ3v) is 4.42. The van der Waals surface area contributed by atoms with Gasteiger partial charge in [0.05, 0.1) is 18.5 Å². The van der Waals surface area contributed by atoms with Gasteiger partial charge in [-0.15, -0.1) is 24.0 Å². The third kappa shape index (κ3) is 5.08. The fourth-order valence-corrected chi connectivity index (χ4v) is 3.08. The molecule has 0 saturated heterocycles. The minimum atomic E-state index is 0. The number of guanidine groups is 1. The molecule has 9 heteroatoms. The Morgan fingerprint density at radius 2 is 2.31 bits per heavy atom. The summed E-state index contributed by atoms with van der Waals surface area (Å²) in [5.41, 5.74) is 0.799. The van der Waals surface area contributed by atoms with Gasteiger partial charge in [-0.2, -0.15) is 10.2 Å². The highest BCUT2D eigenvalue weighted by molar-refractivity contribution is 14.0. The number of nitrogens with zero attached hydrogens (tertiary/aromatic N) is 4. The van der Waals surface area contributed by atoms with Gasteiger partial charge in [-0.1, -0.05) is 28.9 Å². The van der Waals surface area contributed by atoms with Gasteiger partial charge in [0, 0.05) is 23.7 Å². The van der Waals surface area contributed by atoms with Crippen LogP contribution in [-0.4, -0.2) is 29.2 Å². The highest BCUT2D eigenvalue weighted by atomic mass is 127. The van der Waals surface area contributed by atoms with Crippen molar-refractivity contribution in [3.05, 3.63) is 35.2 Å². The lowest BCUT2D eigenvalue weighted by Gasteiger charge is -2.18. The van der Waals surface area contributed by atoms with Crippen LogP contribution in [0.2, 0.25) is 5.02 Å². The highest BCUT2D eigenvalue weighted by Gasteiger charge is 2.27. The van der Waals surface area contributed by atoms with Crippen molar-refractivity contribution in [1.29, 1.82) is 5.26 Å². The number of nitrogens with one attached hydrogen (secondary N) is 2. The van der Waals surface area contributed by atoms with Crippen molar-refractivity contribution in [2.24, 2.45) is 10.9 Å². The number of nitriles is 1. The summed E-state index contributed by atoms with van der Waals surface area (Å²) in [7, 11) is 1.69. The van der Waals surface area contributed by atoms with Crippen molar-refractivity contribution >= 4 is 41.5 Å². The second-order valence-corrected chi connectivity index (χ2v) is 6.30. The zero-order valence-electron chi connectivity index (χ0n) is 14.3. The van der Waals surface area contributed by atoms with Crippen LogP contribution in [0.1, 0.15) is 25.2 Å². The van der Waals surface area contributed by atoms with E-state index in [4.69, 9.17) is 21.4 Å². The van der Waals surface area contributed by atoms with E-state index in [9.17, 15) is 0 Å². The van der Waals surface area contributed by atoms with E-state index >= 15 is 0 Å². The zero-order chi connectivity index (χ0) is 17.6. The Morgan fingerprint density at radius 1 is 1.46 bits per heavy atom. The van der Waals surface area contributed by atoms with Crippen molar-refractivity contribution < 1.29 is 4.52 Å². The summed E-state index contributed by atoms with van der Waals surface area (Å²) in [6.45, 7) is 0.344. The monoisotopic (exact) mass is 486 g/mol. The maximum absolute atomic E-state index is 9.17. The van der Waals surface area contributed by atoms with Gasteiger partial charge in [0.15, 0.2) is 5.96 Å². The molecular formula is C17H20ClIN6O. The van der Waals surface area contributed by atoms with Crippen molar-refractivity contribution in [3.63, 3.8) is 0 Å². The first-order chi connectivity index (χ1) is 12.2. The van der Waals surface area contributed by atoms with Crippen LogP contribution in [0.25, 0.3) is 11.4 Å². The molecule has 1 aromatic carbocycles. The third-order valence-electron chi connectivity index (χ3n) is 4.19. The largest absolute Gasteiger partial charge is 0.352 e. The Labute approximate surface area is 174 Å². The number of hydrogen-bond donors (Lipinski definition) is 2. The summed E-state index contributed by atoms with van der Waals surface area (Å²) >= 11 is 5.98. The summed E-state index contributed by atoms with van der Waals surface area (Å²) in [5.74, 6) is 1.58. The first-order valence-corrected chi connectivity index (χ1v) is 8.52. The van der Waals surface area contributed by atoms with E-state index in [-0.39, 0.29) is 35.9 Å². The predicted molar refractivity (Wildman–Crippen MR) is 110 cm³/mol. The lowest BCUT2D eigenvalue weighted by molar-refractivity contribution is 0.375. The fraction of sp³-hybridized carbons (Fsp3) is 0.412. The molecule has 2 aromatic rings. The van der Waals surface area contributed by atoms with Gasteiger partial charge in [-0.3, -0.25) is 4.99 Å². The smallest absolute Gasteiger partial charge is 0.246 e. The summed E-state index contributed by atoms with van der Waals surface area (Å²) in [6, 6.07) is 9.76. The summed E-state index contributed by atoms with van der Waals surface area (Å²) < 4.78 is 5.26. The van der Waals surface area contributed by atoms with Crippen LogP contribution in [0.4, 0.5) is 0 Å². The van der Waals surface area contributed by atoms with Crippen LogP contribution in [0.3, 0.4) is 0 Å². The average Bonchev–Trinajstić information content (AvgIpc) is 3.27. The number of rotatable bonds is 4. The van der Waals surface area contributed by atoms with Crippen molar-refractivity contribution in [3.8, 4) is 17.5 Å². The SMILES string of the molecule is CN=C(NCc1nc(-c2cccc(Cl)c2)no1)NC1CCCC1C#N.I. The van der Waals surface area contributed by atoms with Crippen LogP contribution < -0.4 is 10.6 Å². The second kappa shape index (κ2) is 9.73. The van der Waals surface area contributed by atoms with E-state index in [1.807, 2.05) is 12.1 Å². The van der Waals surface area contributed by atoms with Crippen molar-refractivity contribution in [2.75, 3.05) is 7.05 Å². The molecule has 3 rings (SSSR count). The molecule has 2 unspecified atom stereocenters. The first kappa shape index (κ1) is 20.5. The maximum atomic E-state index is 9.17. The molecule has 1 fully saturated rings. The summed E-state index contributed by atoms with van der Waals surface area (Å²) in [6.07, 6.45) is 2.95. The summed E-state index contributed by atoms with van der Waals surface area (Å²) in [4.78, 5) is 8.55. The van der Waals surface area contributed by atoms with E-state index in [0.717, 1.165) is 24.8 Å². The van der Waals surface area contributed by atoms with Gasteiger partial charge in [-0.05, 0) is 31.4 Å². The Hall–Kier alpha value is -1.86. The molecule has 1 aromatic heterocycles. The molecule has 0 bridgehead atoms. The van der Waals surface area contributed by atoms with Gasteiger partial charge >= 0.3 is 0 Å². The molecule has 138 valence electrons. The Morgan fingerprint density at radius 3 is 3.04 bits per heavy atom. The minimum absolute atomic E-state index is 0. The van der Waals surface area contributed by atoms with Crippen molar-refractivity contribution in [1.82, 2.24) is 20.8 Å². The number of benzene rings is 1. The molecular weight excluding hydrogens is 467 g/mol. The first-order valence-electron chi connectivity index (χ1n) is 8.15. The van der Waals surface area contributed by atoms with Gasteiger partial charge in [0.1, 0.15) is 0 Å². The Bertz CT molecular complexity index is 803. The zero-order valence-corrected chi connectivity index (χ0v) is 17.4. The van der Waals surface area contributed by atoms with Gasteiger partial charge in [-0.25, -0.2) is 0 Å². The average molecular weight is 487 g/mol. The molecule has 1 heterocycles. The van der Waals surface area contributed by atoms with Crippen molar-refractivity contribution in [2.45, 2.75) is 31.8 Å². The lowest BCUT2D eigenvalue weighted by Crippen LogP contribution is -2.44. The van der Waals surface area contributed by atoms with Gasteiger partial charge in [0.25, 0.3) is 0 Å². The predicted octanol–water partition coefficient (Wildman–Crippen LogP) is 3.37. The molecule has 0 radical (unpaired) electrons. The molecule has 0 spiro atoms. The Kier molecular flexibility index (Phi) is 7.66. The lowest BCUT2D eigenvalue weighted by atomic mass is 10.1. The maximum Gasteiger partial charge on any atom is 0.246 e. The number of hydrogen-bond acceptors (Lipinski definition) is 5. The van der Waals surface area contributed by atoms with Crippen LogP contribution in [0.5, 0.6) is 0 Å². The standard InChI is InChI=1S/C17H19ClN6O.HI/c1-20-17(22-14-7-3-5-12(14)9-19)21-10-15-23-16(24-25-15)11-4-2-6-13(18)8-11;/h2,4,6,8,12,14H,3,5,7,10H2,1H3,(H2,20,21,22);1H. The molecule has 26 heavy (non-hydrogen) atoms. The highest BCUT2D eigenvalue weighted by Crippen LogP contribution is 2.24. The molecule has 7 nitrogen and oxygen atoms in total. The minimum Gasteiger partial charge on any atom is -0.352 e. The molecule has 1 aliphatic rings. The number of aromatic nitrogens is 2. The molecule has 2 N–H and O–H groups in total. The van der Waals surface area contributed by atoms with E-state index in [2.05, 4.69) is 31.8 Å². The van der Waals surface area contributed by atoms with Crippen LogP contribution >= 0.6 is 35.6 Å². The fourth-order valence-electron chi connectivity index (χ4n) is 2.89. The van der Waals surface area contributed by atoms with Crippen LogP contribution in [0, 0.1) is 17.2 Å². The quantitative estimate of drug-likeness (QED) is 0.391. The number of halogens is 2. The molecule has 1 saturated carbocycles. The second-order valence-electron chi connectivity index (χ2n) is 5.87. The topological polar surface area (TPSA) is 99.1 Å². The van der Waals surface area contributed by atoms with Crippen LogP contribution in [0.15, 0.2) is 33.8 Å². The van der Waals surface area contributed by atoms with Gasteiger partial charge in [0.2, 0.25) is 11.7 Å². The Balaban J connectivity index is 0.00000243. The number of aliphatic imine (C=N–C) groups is 1. The van der Waals surface area contributed by atoms with E-state index in [0.29, 0.717) is 29.2 Å².